The number of carboxylic acid groups (broad SMARTS) is 1. The van der Waals surface area contributed by atoms with E-state index in [1.165, 1.54) is 0 Å². The van der Waals surface area contributed by atoms with Crippen molar-refractivity contribution in [1.82, 2.24) is 0 Å². The van der Waals surface area contributed by atoms with E-state index in [0.29, 0.717) is 0 Å². The number of hydrogen-bond donors (Lipinski definition) is 1. The zero-order chi connectivity index (χ0) is 9.56. The summed E-state index contributed by atoms with van der Waals surface area (Å²) in [6.07, 6.45) is 3.51. The van der Waals surface area contributed by atoms with Crippen molar-refractivity contribution < 1.29 is 9.90 Å². The second-order valence-electron chi connectivity index (χ2n) is 3.04. The molecule has 0 radical (unpaired) electrons. The highest BCUT2D eigenvalue weighted by Crippen LogP contribution is 2.19. The Balaban J connectivity index is 4.04. The molecule has 12 heavy (non-hydrogen) atoms. The van der Waals surface area contributed by atoms with Crippen molar-refractivity contribution in [3.63, 3.8) is 0 Å². The zero-order valence-electron chi connectivity index (χ0n) is 7.97. The maximum absolute atomic E-state index is 10.7. The van der Waals surface area contributed by atoms with Crippen LogP contribution in [0.25, 0.3) is 0 Å². The first-order valence-electron chi connectivity index (χ1n) is 4.53. The van der Waals surface area contributed by atoms with Crippen LogP contribution in [0.15, 0.2) is 12.2 Å². The monoisotopic (exact) mass is 170 g/mol. The van der Waals surface area contributed by atoms with Crippen LogP contribution in [0.1, 0.15) is 39.5 Å². The molecule has 0 amide bonds. The standard InChI is InChI=1S/C10H18O2/c1-4-6-7-9(10(11)12)8(3)5-2/h9H,3-7H2,1-2H3,(H,11,12). The van der Waals surface area contributed by atoms with Crippen LogP contribution in [0, 0.1) is 5.92 Å². The van der Waals surface area contributed by atoms with Crippen LogP contribution in [-0.4, -0.2) is 11.1 Å². The first kappa shape index (κ1) is 11.2. The van der Waals surface area contributed by atoms with Gasteiger partial charge in [0.2, 0.25) is 0 Å². The van der Waals surface area contributed by atoms with Crippen molar-refractivity contribution in [2.24, 2.45) is 5.92 Å². The Morgan fingerprint density at radius 3 is 2.42 bits per heavy atom. The largest absolute Gasteiger partial charge is 0.481 e. The molecule has 0 heterocycles. The molecule has 70 valence electrons. The molecule has 0 aromatic heterocycles. The molecule has 1 atom stereocenters. The number of carboxylic acids is 1. The SMILES string of the molecule is C=C(CC)C(CCCC)C(=O)O. The highest BCUT2D eigenvalue weighted by Gasteiger charge is 2.18. The summed E-state index contributed by atoms with van der Waals surface area (Å²) in [7, 11) is 0. The van der Waals surface area contributed by atoms with Gasteiger partial charge in [-0.1, -0.05) is 38.8 Å². The van der Waals surface area contributed by atoms with Crippen molar-refractivity contribution in [1.29, 1.82) is 0 Å². The van der Waals surface area contributed by atoms with E-state index < -0.39 is 5.97 Å². The molecular weight excluding hydrogens is 152 g/mol. The van der Waals surface area contributed by atoms with Crippen LogP contribution in [0.2, 0.25) is 0 Å². The van der Waals surface area contributed by atoms with E-state index in [1.807, 2.05) is 6.92 Å². The van der Waals surface area contributed by atoms with Gasteiger partial charge < -0.3 is 5.11 Å². The molecule has 0 aliphatic rings. The van der Waals surface area contributed by atoms with Crippen LogP contribution in [0.3, 0.4) is 0 Å². The number of carbonyl (C=O) groups is 1. The van der Waals surface area contributed by atoms with Gasteiger partial charge >= 0.3 is 5.97 Å². The number of aliphatic carboxylic acids is 1. The molecule has 0 aromatic carbocycles. The Labute approximate surface area is 74.3 Å². The Morgan fingerprint density at radius 2 is 2.08 bits per heavy atom. The summed E-state index contributed by atoms with van der Waals surface area (Å²) in [6, 6.07) is 0. The lowest BCUT2D eigenvalue weighted by molar-refractivity contribution is -0.140. The van der Waals surface area contributed by atoms with E-state index in [0.717, 1.165) is 31.3 Å². The molecule has 0 aliphatic carbocycles. The first-order valence-corrected chi connectivity index (χ1v) is 4.53. The fraction of sp³-hybridized carbons (Fsp3) is 0.700. The predicted octanol–water partition coefficient (Wildman–Crippen LogP) is 2.84. The van der Waals surface area contributed by atoms with Crippen molar-refractivity contribution in [3.05, 3.63) is 12.2 Å². The van der Waals surface area contributed by atoms with Gasteiger partial charge in [0.15, 0.2) is 0 Å². The van der Waals surface area contributed by atoms with E-state index >= 15 is 0 Å². The average Bonchev–Trinajstić information content (AvgIpc) is 2.04. The summed E-state index contributed by atoms with van der Waals surface area (Å²) in [5.74, 6) is -1.05. The summed E-state index contributed by atoms with van der Waals surface area (Å²) < 4.78 is 0. The second kappa shape index (κ2) is 5.81. The Morgan fingerprint density at radius 1 is 1.50 bits per heavy atom. The quantitative estimate of drug-likeness (QED) is 0.622. The fourth-order valence-electron chi connectivity index (χ4n) is 1.16. The molecule has 1 unspecified atom stereocenters. The zero-order valence-corrected chi connectivity index (χ0v) is 7.97. The van der Waals surface area contributed by atoms with E-state index in [4.69, 9.17) is 5.11 Å². The van der Waals surface area contributed by atoms with Crippen LogP contribution < -0.4 is 0 Å². The minimum absolute atomic E-state index is 0.324. The normalized spacial score (nSPS) is 12.5. The van der Waals surface area contributed by atoms with E-state index in [9.17, 15) is 4.79 Å². The van der Waals surface area contributed by atoms with E-state index in [-0.39, 0.29) is 5.92 Å². The Bertz CT molecular complexity index is 161. The molecular formula is C10H18O2. The number of rotatable bonds is 6. The molecule has 0 aliphatic heterocycles. The lowest BCUT2D eigenvalue weighted by Crippen LogP contribution is -2.15. The van der Waals surface area contributed by atoms with Crippen LogP contribution >= 0.6 is 0 Å². The number of unbranched alkanes of at least 4 members (excludes halogenated alkanes) is 1. The van der Waals surface area contributed by atoms with E-state index in [1.54, 1.807) is 0 Å². The van der Waals surface area contributed by atoms with Gasteiger partial charge in [-0.05, 0) is 12.8 Å². The first-order chi connectivity index (χ1) is 5.63. The molecule has 0 saturated heterocycles. The van der Waals surface area contributed by atoms with Crippen molar-refractivity contribution in [2.75, 3.05) is 0 Å². The molecule has 2 nitrogen and oxygen atoms in total. The maximum atomic E-state index is 10.7. The molecule has 0 rings (SSSR count). The lowest BCUT2D eigenvalue weighted by atomic mass is 9.93. The van der Waals surface area contributed by atoms with Crippen molar-refractivity contribution >= 4 is 5.97 Å². The van der Waals surface area contributed by atoms with Crippen LogP contribution in [0.5, 0.6) is 0 Å². The number of hydrogen-bond acceptors (Lipinski definition) is 1. The summed E-state index contributed by atoms with van der Waals surface area (Å²) >= 11 is 0. The van der Waals surface area contributed by atoms with Crippen LogP contribution in [0.4, 0.5) is 0 Å². The molecule has 0 spiro atoms. The van der Waals surface area contributed by atoms with E-state index in [2.05, 4.69) is 13.5 Å². The Kier molecular flexibility index (Phi) is 5.43. The third-order valence-electron chi connectivity index (χ3n) is 2.09. The summed E-state index contributed by atoms with van der Waals surface area (Å²) in [5, 5.41) is 8.84. The van der Waals surface area contributed by atoms with Crippen molar-refractivity contribution in [2.45, 2.75) is 39.5 Å². The summed E-state index contributed by atoms with van der Waals surface area (Å²) in [4.78, 5) is 10.7. The van der Waals surface area contributed by atoms with Gasteiger partial charge in [0.25, 0.3) is 0 Å². The smallest absolute Gasteiger partial charge is 0.310 e. The molecule has 1 N–H and O–H groups in total. The van der Waals surface area contributed by atoms with Crippen molar-refractivity contribution in [3.8, 4) is 0 Å². The maximum Gasteiger partial charge on any atom is 0.310 e. The molecule has 0 bridgehead atoms. The molecule has 0 saturated carbocycles. The van der Waals surface area contributed by atoms with Gasteiger partial charge in [0.05, 0.1) is 5.92 Å². The minimum Gasteiger partial charge on any atom is -0.481 e. The second-order valence-corrected chi connectivity index (χ2v) is 3.04. The summed E-state index contributed by atoms with van der Waals surface area (Å²) in [5.41, 5.74) is 0.843. The highest BCUT2D eigenvalue weighted by atomic mass is 16.4. The molecule has 0 fully saturated rings. The van der Waals surface area contributed by atoms with Gasteiger partial charge in [-0.15, -0.1) is 0 Å². The third-order valence-corrected chi connectivity index (χ3v) is 2.09. The summed E-state index contributed by atoms with van der Waals surface area (Å²) in [6.45, 7) is 7.78. The van der Waals surface area contributed by atoms with Gasteiger partial charge in [-0.25, -0.2) is 0 Å². The topological polar surface area (TPSA) is 37.3 Å². The highest BCUT2D eigenvalue weighted by molar-refractivity contribution is 5.73. The molecule has 0 aromatic rings. The predicted molar refractivity (Wildman–Crippen MR) is 50.1 cm³/mol. The molecule has 2 heteroatoms. The fourth-order valence-corrected chi connectivity index (χ4v) is 1.16. The van der Waals surface area contributed by atoms with Crippen LogP contribution in [-0.2, 0) is 4.79 Å². The van der Waals surface area contributed by atoms with Gasteiger partial charge in [0.1, 0.15) is 0 Å². The minimum atomic E-state index is -0.727. The third kappa shape index (κ3) is 3.56. The average molecular weight is 170 g/mol. The lowest BCUT2D eigenvalue weighted by Gasteiger charge is -2.12. The van der Waals surface area contributed by atoms with Gasteiger partial charge in [-0.3, -0.25) is 4.79 Å². The van der Waals surface area contributed by atoms with Gasteiger partial charge in [-0.2, -0.15) is 0 Å². The van der Waals surface area contributed by atoms with Gasteiger partial charge in [0, 0.05) is 0 Å². The Hall–Kier alpha value is -0.790.